The van der Waals surface area contributed by atoms with Gasteiger partial charge >= 0.3 is 0 Å². The predicted octanol–water partition coefficient (Wildman–Crippen LogP) is 3.53. The highest BCUT2D eigenvalue weighted by molar-refractivity contribution is 5.56. The number of hydrogen-bond acceptors (Lipinski definition) is 3. The van der Waals surface area contributed by atoms with Crippen LogP contribution in [-0.4, -0.2) is 18.3 Å². The first-order valence-corrected chi connectivity index (χ1v) is 7.52. The van der Waals surface area contributed by atoms with Gasteiger partial charge in [0.2, 0.25) is 0 Å². The summed E-state index contributed by atoms with van der Waals surface area (Å²) in [5.74, 6) is 0.966. The summed E-state index contributed by atoms with van der Waals surface area (Å²) in [5, 5.41) is 10.2. The molecule has 0 aliphatic carbocycles. The molecule has 0 amide bonds. The molecule has 0 saturated heterocycles. The van der Waals surface area contributed by atoms with Gasteiger partial charge in [-0.25, -0.2) is 0 Å². The van der Waals surface area contributed by atoms with E-state index in [1.54, 1.807) is 0 Å². The largest absolute Gasteiger partial charge is 0.491 e. The minimum Gasteiger partial charge on any atom is -0.491 e. The maximum absolute atomic E-state index is 10.2. The molecule has 1 N–H and O–H groups in total. The minimum atomic E-state index is -0.416. The first-order chi connectivity index (χ1) is 10.3. The van der Waals surface area contributed by atoms with Gasteiger partial charge in [-0.3, -0.25) is 0 Å². The third kappa shape index (κ3) is 2.88. The maximum atomic E-state index is 10.2. The van der Waals surface area contributed by atoms with Crippen molar-refractivity contribution < 1.29 is 9.84 Å². The fourth-order valence-electron chi connectivity index (χ4n) is 2.81. The molecule has 2 aromatic rings. The van der Waals surface area contributed by atoms with Crippen LogP contribution in [0.1, 0.15) is 30.6 Å². The average Bonchev–Trinajstić information content (AvgIpc) is 2.76. The second-order valence-corrected chi connectivity index (χ2v) is 5.36. The summed E-state index contributed by atoms with van der Waals surface area (Å²) in [5.41, 5.74) is 3.29. The van der Waals surface area contributed by atoms with E-state index in [0.29, 0.717) is 6.61 Å². The summed E-state index contributed by atoms with van der Waals surface area (Å²) in [6.07, 6.45) is 0.304. The van der Waals surface area contributed by atoms with Crippen LogP contribution in [0.25, 0.3) is 0 Å². The fraction of sp³-hybridized carbons (Fsp3) is 0.333. The lowest BCUT2D eigenvalue weighted by Crippen LogP contribution is -2.26. The molecule has 0 bridgehead atoms. The molecule has 1 aliphatic rings. The van der Waals surface area contributed by atoms with Gasteiger partial charge in [-0.05, 0) is 18.6 Å². The van der Waals surface area contributed by atoms with E-state index < -0.39 is 6.10 Å². The highest BCUT2D eigenvalue weighted by Crippen LogP contribution is 2.31. The minimum absolute atomic E-state index is 0.416. The van der Waals surface area contributed by atoms with Crippen LogP contribution in [0.2, 0.25) is 0 Å². The predicted molar refractivity (Wildman–Crippen MR) is 84.7 cm³/mol. The van der Waals surface area contributed by atoms with Crippen LogP contribution in [0.5, 0.6) is 5.75 Å². The highest BCUT2D eigenvalue weighted by atomic mass is 16.5. The molecule has 110 valence electrons. The summed E-state index contributed by atoms with van der Waals surface area (Å²) in [7, 11) is 0. The average molecular weight is 283 g/mol. The molecule has 3 heteroatoms. The van der Waals surface area contributed by atoms with Crippen molar-refractivity contribution in [1.82, 2.24) is 0 Å². The van der Waals surface area contributed by atoms with Crippen molar-refractivity contribution in [3.8, 4) is 5.75 Å². The second-order valence-electron chi connectivity index (χ2n) is 5.36. The molecule has 3 nitrogen and oxygen atoms in total. The van der Waals surface area contributed by atoms with Gasteiger partial charge in [-0.15, -0.1) is 0 Å². The van der Waals surface area contributed by atoms with Crippen LogP contribution in [0.15, 0.2) is 48.5 Å². The zero-order valence-electron chi connectivity index (χ0n) is 12.3. The Kier molecular flexibility index (Phi) is 4.11. The molecule has 0 unspecified atom stereocenters. The molecule has 3 rings (SSSR count). The van der Waals surface area contributed by atoms with E-state index in [-0.39, 0.29) is 0 Å². The topological polar surface area (TPSA) is 32.7 Å². The maximum Gasteiger partial charge on any atom is 0.124 e. The molecule has 21 heavy (non-hydrogen) atoms. The van der Waals surface area contributed by atoms with E-state index in [9.17, 15) is 5.11 Å². The molecule has 0 fully saturated rings. The standard InChI is InChI=1S/C18H21NO2/c1-2-17(20)15-8-4-5-9-16(15)19-11-12-21-18-10-6-3-7-14(18)13-19/h3-10,17,20H,2,11-13H2,1H3/t17-/m1/s1. The Morgan fingerprint density at radius 1 is 1.14 bits per heavy atom. The Labute approximate surface area is 125 Å². The van der Waals surface area contributed by atoms with Crippen LogP contribution in [-0.2, 0) is 6.54 Å². The number of rotatable bonds is 3. The van der Waals surface area contributed by atoms with E-state index in [0.717, 1.165) is 36.5 Å². The van der Waals surface area contributed by atoms with Crippen molar-refractivity contribution in [2.24, 2.45) is 0 Å². The molecule has 1 atom stereocenters. The van der Waals surface area contributed by atoms with Crippen LogP contribution in [0, 0.1) is 0 Å². The SMILES string of the molecule is CC[C@@H](O)c1ccccc1N1CCOc2ccccc2C1. The molecule has 1 heterocycles. The zero-order valence-corrected chi connectivity index (χ0v) is 12.3. The van der Waals surface area contributed by atoms with Gasteiger partial charge < -0.3 is 14.7 Å². The molecule has 0 aromatic heterocycles. The first-order valence-electron chi connectivity index (χ1n) is 7.52. The Bertz CT molecular complexity index is 612. The number of anilines is 1. The molecule has 0 radical (unpaired) electrons. The second kappa shape index (κ2) is 6.19. The van der Waals surface area contributed by atoms with Gasteiger partial charge in [0.1, 0.15) is 12.4 Å². The summed E-state index contributed by atoms with van der Waals surface area (Å²) < 4.78 is 5.82. The van der Waals surface area contributed by atoms with E-state index in [4.69, 9.17) is 4.74 Å². The number of ether oxygens (including phenoxy) is 1. The Morgan fingerprint density at radius 3 is 2.76 bits per heavy atom. The summed E-state index contributed by atoms with van der Waals surface area (Å²) in [6, 6.07) is 16.3. The summed E-state index contributed by atoms with van der Waals surface area (Å²) >= 11 is 0. The quantitative estimate of drug-likeness (QED) is 0.935. The third-order valence-corrected chi connectivity index (χ3v) is 3.98. The number of aliphatic hydroxyl groups excluding tert-OH is 1. The lowest BCUT2D eigenvalue weighted by Gasteiger charge is -2.26. The molecule has 0 saturated carbocycles. The lowest BCUT2D eigenvalue weighted by molar-refractivity contribution is 0.174. The normalized spacial score (nSPS) is 15.8. The van der Waals surface area contributed by atoms with Crippen LogP contribution in [0.3, 0.4) is 0 Å². The highest BCUT2D eigenvalue weighted by Gasteiger charge is 2.19. The summed E-state index contributed by atoms with van der Waals surface area (Å²) in [4.78, 5) is 2.29. The molecular weight excluding hydrogens is 262 g/mol. The van der Waals surface area contributed by atoms with Crippen molar-refractivity contribution in [2.75, 3.05) is 18.1 Å². The zero-order chi connectivity index (χ0) is 14.7. The number of hydrogen-bond donors (Lipinski definition) is 1. The van der Waals surface area contributed by atoms with Crippen LogP contribution < -0.4 is 9.64 Å². The van der Waals surface area contributed by atoms with Gasteiger partial charge in [0.15, 0.2) is 0 Å². The van der Waals surface area contributed by atoms with Crippen LogP contribution in [0.4, 0.5) is 5.69 Å². The number of fused-ring (bicyclic) bond motifs is 1. The van der Waals surface area contributed by atoms with Crippen molar-refractivity contribution in [1.29, 1.82) is 0 Å². The lowest BCUT2D eigenvalue weighted by atomic mass is 10.0. The van der Waals surface area contributed by atoms with E-state index in [1.807, 2.05) is 43.3 Å². The van der Waals surface area contributed by atoms with Gasteiger partial charge in [-0.2, -0.15) is 0 Å². The molecule has 1 aliphatic heterocycles. The van der Waals surface area contributed by atoms with Crippen molar-refractivity contribution in [3.63, 3.8) is 0 Å². The third-order valence-electron chi connectivity index (χ3n) is 3.98. The van der Waals surface area contributed by atoms with Gasteiger partial charge in [0.25, 0.3) is 0 Å². The van der Waals surface area contributed by atoms with E-state index in [1.165, 1.54) is 5.56 Å². The van der Waals surface area contributed by atoms with Crippen LogP contribution >= 0.6 is 0 Å². The monoisotopic (exact) mass is 283 g/mol. The Morgan fingerprint density at radius 2 is 1.90 bits per heavy atom. The Hall–Kier alpha value is -2.00. The summed E-state index contributed by atoms with van der Waals surface area (Å²) in [6.45, 7) is 4.29. The van der Waals surface area contributed by atoms with Gasteiger partial charge in [0, 0.05) is 23.4 Å². The fourth-order valence-corrected chi connectivity index (χ4v) is 2.81. The number of benzene rings is 2. The molecule has 2 aromatic carbocycles. The molecule has 0 spiro atoms. The number of aliphatic hydroxyl groups is 1. The number of nitrogens with zero attached hydrogens (tertiary/aromatic N) is 1. The van der Waals surface area contributed by atoms with Crippen molar-refractivity contribution >= 4 is 5.69 Å². The van der Waals surface area contributed by atoms with Gasteiger partial charge in [0.05, 0.1) is 12.6 Å². The van der Waals surface area contributed by atoms with Crippen molar-refractivity contribution in [2.45, 2.75) is 26.0 Å². The molecular formula is C18H21NO2. The van der Waals surface area contributed by atoms with E-state index in [2.05, 4.69) is 17.0 Å². The van der Waals surface area contributed by atoms with E-state index >= 15 is 0 Å². The smallest absolute Gasteiger partial charge is 0.124 e. The first kappa shape index (κ1) is 14.0. The van der Waals surface area contributed by atoms with Gasteiger partial charge in [-0.1, -0.05) is 43.3 Å². The Balaban J connectivity index is 1.94. The number of para-hydroxylation sites is 2. The van der Waals surface area contributed by atoms with Crippen molar-refractivity contribution in [3.05, 3.63) is 59.7 Å².